The lowest BCUT2D eigenvalue weighted by atomic mass is 9.93. The molecular formula is C66H44N2. The number of anilines is 3. The van der Waals surface area contributed by atoms with E-state index in [-0.39, 0.29) is 0 Å². The van der Waals surface area contributed by atoms with E-state index >= 15 is 0 Å². The van der Waals surface area contributed by atoms with Gasteiger partial charge in [-0.2, -0.15) is 0 Å². The summed E-state index contributed by atoms with van der Waals surface area (Å²) in [6, 6.07) is 97.4. The van der Waals surface area contributed by atoms with Crippen LogP contribution in [0.5, 0.6) is 0 Å². The van der Waals surface area contributed by atoms with Crippen LogP contribution < -0.4 is 4.90 Å². The lowest BCUT2D eigenvalue weighted by Crippen LogP contribution is -2.09. The molecule has 0 fully saturated rings. The monoisotopic (exact) mass is 864 g/mol. The van der Waals surface area contributed by atoms with Crippen molar-refractivity contribution in [3.05, 3.63) is 267 Å². The average molecular weight is 865 g/mol. The maximum absolute atomic E-state index is 2.39. The second-order valence-electron chi connectivity index (χ2n) is 17.7. The Bertz CT molecular complexity index is 3940. The molecule has 318 valence electrons. The Morgan fingerprint density at radius 3 is 1.26 bits per heavy atom. The lowest BCUT2D eigenvalue weighted by molar-refractivity contribution is 1.18. The number of rotatable bonds is 8. The molecule has 0 bridgehead atoms. The first kappa shape index (κ1) is 39.4. The van der Waals surface area contributed by atoms with Gasteiger partial charge >= 0.3 is 0 Å². The predicted octanol–water partition coefficient (Wildman–Crippen LogP) is 18.4. The molecule has 0 saturated heterocycles. The molecule has 0 amide bonds. The molecule has 0 aliphatic carbocycles. The summed E-state index contributed by atoms with van der Waals surface area (Å²) in [6.45, 7) is 0. The summed E-state index contributed by atoms with van der Waals surface area (Å²) in [6.07, 6.45) is 0. The van der Waals surface area contributed by atoms with E-state index in [4.69, 9.17) is 0 Å². The molecule has 68 heavy (non-hydrogen) atoms. The summed E-state index contributed by atoms with van der Waals surface area (Å²) >= 11 is 0. The molecule has 0 saturated carbocycles. The summed E-state index contributed by atoms with van der Waals surface area (Å²) in [4.78, 5) is 2.37. The molecule has 1 heterocycles. The van der Waals surface area contributed by atoms with Crippen LogP contribution >= 0.6 is 0 Å². The van der Waals surface area contributed by atoms with Crippen molar-refractivity contribution in [3.8, 4) is 50.2 Å². The molecule has 13 rings (SSSR count). The van der Waals surface area contributed by atoms with Crippen LogP contribution in [0.25, 0.3) is 104 Å². The third-order valence-corrected chi connectivity index (χ3v) is 13.8. The molecule has 13 aromatic rings. The maximum atomic E-state index is 2.39. The topological polar surface area (TPSA) is 8.17 Å². The van der Waals surface area contributed by atoms with Crippen molar-refractivity contribution in [2.45, 2.75) is 0 Å². The summed E-state index contributed by atoms with van der Waals surface area (Å²) in [5, 5.41) is 10.1. The van der Waals surface area contributed by atoms with Crippen LogP contribution in [0.2, 0.25) is 0 Å². The molecule has 12 aromatic carbocycles. The van der Waals surface area contributed by atoms with Gasteiger partial charge in [-0.15, -0.1) is 0 Å². The Labute approximate surface area is 395 Å². The van der Waals surface area contributed by atoms with Gasteiger partial charge in [-0.1, -0.05) is 194 Å². The summed E-state index contributed by atoms with van der Waals surface area (Å²) in [5.74, 6) is 0. The SMILES string of the molecule is c1cc(-c2ccc(N(c3ccc(-c4ccc(-c5ccc6ccccc6c5)cc4)cc3)c3ccc(-c4cc5ccccc5c5ccccc45)cc3)cc2)cc(-n2c3ccccc3c3ccccc32)c1. The molecule has 0 aliphatic rings. The highest BCUT2D eigenvalue weighted by molar-refractivity contribution is 6.14. The van der Waals surface area contributed by atoms with Crippen molar-refractivity contribution in [3.63, 3.8) is 0 Å². The smallest absolute Gasteiger partial charge is 0.0541 e. The second kappa shape index (κ2) is 16.5. The van der Waals surface area contributed by atoms with Crippen molar-refractivity contribution in [1.29, 1.82) is 0 Å². The van der Waals surface area contributed by atoms with Crippen molar-refractivity contribution in [2.75, 3.05) is 4.90 Å². The fourth-order valence-electron chi connectivity index (χ4n) is 10.4. The molecule has 0 atom stereocenters. The normalized spacial score (nSPS) is 11.5. The van der Waals surface area contributed by atoms with Gasteiger partial charge in [-0.05, 0) is 150 Å². The molecule has 0 radical (unpaired) electrons. The van der Waals surface area contributed by atoms with Crippen LogP contribution in [0, 0.1) is 0 Å². The predicted molar refractivity (Wildman–Crippen MR) is 290 cm³/mol. The number of hydrogen-bond donors (Lipinski definition) is 0. The van der Waals surface area contributed by atoms with Crippen LogP contribution in [-0.2, 0) is 0 Å². The highest BCUT2D eigenvalue weighted by Crippen LogP contribution is 2.41. The highest BCUT2D eigenvalue weighted by Gasteiger charge is 2.17. The number of para-hydroxylation sites is 2. The average Bonchev–Trinajstić information content (AvgIpc) is 3.76. The Morgan fingerprint density at radius 2 is 0.662 bits per heavy atom. The molecule has 2 nitrogen and oxygen atoms in total. The third kappa shape index (κ3) is 6.90. The first-order valence-electron chi connectivity index (χ1n) is 23.4. The maximum Gasteiger partial charge on any atom is 0.0541 e. The van der Waals surface area contributed by atoms with E-state index in [2.05, 4.69) is 276 Å². The standard InChI is InChI=1S/C66H44N2/c1-2-13-51-42-53(29-28-45(51)12-1)48-26-24-46(25-27-48)47-30-36-55(37-31-47)67(57-40-34-50(35-41-57)64-44-54-14-3-4-17-59(54)60-18-5-6-19-61(60)64)56-38-32-49(33-39-56)52-15-11-16-58(43-52)68-65-22-9-7-20-62(65)63-21-8-10-23-66(63)68/h1-44H. The van der Waals surface area contributed by atoms with Crippen LogP contribution in [0.1, 0.15) is 0 Å². The summed E-state index contributed by atoms with van der Waals surface area (Å²) in [7, 11) is 0. The fourth-order valence-corrected chi connectivity index (χ4v) is 10.4. The molecule has 0 unspecified atom stereocenters. The van der Waals surface area contributed by atoms with Crippen LogP contribution in [0.15, 0.2) is 267 Å². The zero-order valence-electron chi connectivity index (χ0n) is 37.3. The van der Waals surface area contributed by atoms with Gasteiger partial charge in [0.15, 0.2) is 0 Å². The molecular weight excluding hydrogens is 821 g/mol. The minimum atomic E-state index is 1.09. The molecule has 1 aromatic heterocycles. The summed E-state index contributed by atoms with van der Waals surface area (Å²) in [5.41, 5.74) is 16.4. The van der Waals surface area contributed by atoms with Crippen molar-refractivity contribution >= 4 is 71.2 Å². The van der Waals surface area contributed by atoms with Gasteiger partial charge in [0.05, 0.1) is 11.0 Å². The molecule has 0 N–H and O–H groups in total. The van der Waals surface area contributed by atoms with Gasteiger partial charge in [0.1, 0.15) is 0 Å². The van der Waals surface area contributed by atoms with E-state index in [0.717, 1.165) is 28.3 Å². The molecule has 2 heteroatoms. The van der Waals surface area contributed by atoms with Gasteiger partial charge in [0.25, 0.3) is 0 Å². The first-order chi connectivity index (χ1) is 33.7. The summed E-state index contributed by atoms with van der Waals surface area (Å²) < 4.78 is 2.39. The number of nitrogens with zero attached hydrogens (tertiary/aromatic N) is 2. The van der Waals surface area contributed by atoms with E-state index in [1.165, 1.54) is 93.1 Å². The van der Waals surface area contributed by atoms with E-state index in [9.17, 15) is 0 Å². The van der Waals surface area contributed by atoms with E-state index < -0.39 is 0 Å². The van der Waals surface area contributed by atoms with Gasteiger partial charge in [-0.25, -0.2) is 0 Å². The Kier molecular flexibility index (Phi) is 9.54. The Hall–Kier alpha value is -8.98. The molecule has 0 spiro atoms. The van der Waals surface area contributed by atoms with Crippen LogP contribution in [0.4, 0.5) is 17.1 Å². The number of hydrogen-bond acceptors (Lipinski definition) is 1. The minimum absolute atomic E-state index is 1.09. The fraction of sp³-hybridized carbons (Fsp3) is 0. The lowest BCUT2D eigenvalue weighted by Gasteiger charge is -2.26. The second-order valence-corrected chi connectivity index (χ2v) is 17.7. The Morgan fingerprint density at radius 1 is 0.235 bits per heavy atom. The number of aromatic nitrogens is 1. The van der Waals surface area contributed by atoms with Gasteiger partial charge in [0.2, 0.25) is 0 Å². The van der Waals surface area contributed by atoms with Crippen LogP contribution in [0.3, 0.4) is 0 Å². The van der Waals surface area contributed by atoms with E-state index in [1.54, 1.807) is 0 Å². The van der Waals surface area contributed by atoms with Gasteiger partial charge in [-0.3, -0.25) is 0 Å². The quantitative estimate of drug-likeness (QED) is 0.138. The number of fused-ring (bicyclic) bond motifs is 7. The van der Waals surface area contributed by atoms with Crippen LogP contribution in [-0.4, -0.2) is 4.57 Å². The molecule has 0 aliphatic heterocycles. The van der Waals surface area contributed by atoms with Crippen molar-refractivity contribution in [2.24, 2.45) is 0 Å². The zero-order chi connectivity index (χ0) is 45.0. The largest absolute Gasteiger partial charge is 0.311 e. The number of benzene rings is 12. The zero-order valence-corrected chi connectivity index (χ0v) is 37.3. The highest BCUT2D eigenvalue weighted by atomic mass is 15.1. The van der Waals surface area contributed by atoms with E-state index in [1.807, 2.05) is 0 Å². The van der Waals surface area contributed by atoms with Gasteiger partial charge in [0, 0.05) is 33.5 Å². The third-order valence-electron chi connectivity index (χ3n) is 13.8. The van der Waals surface area contributed by atoms with Crippen molar-refractivity contribution < 1.29 is 0 Å². The van der Waals surface area contributed by atoms with E-state index in [0.29, 0.717) is 0 Å². The Balaban J connectivity index is 0.862. The first-order valence-corrected chi connectivity index (χ1v) is 23.4. The van der Waals surface area contributed by atoms with Crippen molar-refractivity contribution in [1.82, 2.24) is 4.57 Å². The minimum Gasteiger partial charge on any atom is -0.311 e. The van der Waals surface area contributed by atoms with Gasteiger partial charge < -0.3 is 9.47 Å².